The monoisotopic (exact) mass is 228 g/mol. The molecule has 0 radical (unpaired) electrons. The van der Waals surface area contributed by atoms with Crippen molar-refractivity contribution in [1.29, 1.82) is 0 Å². The lowest BCUT2D eigenvalue weighted by molar-refractivity contribution is -0.123. The van der Waals surface area contributed by atoms with Crippen molar-refractivity contribution >= 4 is 5.91 Å². The number of hydrogen-bond acceptors (Lipinski definition) is 3. The minimum absolute atomic E-state index is 0.0535. The van der Waals surface area contributed by atoms with Gasteiger partial charge in [-0.2, -0.15) is 0 Å². The maximum Gasteiger partial charge on any atom is 0.237 e. The number of carbonyl (C=O) groups is 1. The zero-order chi connectivity index (χ0) is 12.0. The van der Waals surface area contributed by atoms with Crippen molar-refractivity contribution in [3.8, 4) is 0 Å². The molecule has 2 N–H and O–H groups in total. The van der Waals surface area contributed by atoms with Crippen LogP contribution in [0, 0.1) is 0 Å². The Morgan fingerprint density at radius 1 is 1.50 bits per heavy atom. The van der Waals surface area contributed by atoms with Crippen molar-refractivity contribution in [2.75, 3.05) is 19.7 Å². The van der Waals surface area contributed by atoms with Crippen LogP contribution in [-0.4, -0.2) is 37.2 Å². The average molecular weight is 228 g/mol. The maximum atomic E-state index is 11.7. The Bertz CT molecular complexity index is 229. The molecule has 1 aliphatic rings. The SMILES string of the molecule is CCOC(C)(C)CNC1CCCCNC1=O. The molecule has 0 bridgehead atoms. The Kier molecular flexibility index (Phi) is 5.22. The first kappa shape index (κ1) is 13.5. The van der Waals surface area contributed by atoms with Gasteiger partial charge in [0.2, 0.25) is 5.91 Å². The quantitative estimate of drug-likeness (QED) is 0.740. The van der Waals surface area contributed by atoms with E-state index in [2.05, 4.69) is 10.6 Å². The first-order valence-electron chi connectivity index (χ1n) is 6.20. The minimum atomic E-state index is -0.207. The zero-order valence-corrected chi connectivity index (χ0v) is 10.6. The summed E-state index contributed by atoms with van der Waals surface area (Å²) in [5, 5.41) is 6.22. The standard InChI is InChI=1S/C12H24N2O2/c1-4-16-12(2,3)9-14-10-7-5-6-8-13-11(10)15/h10,14H,4-9H2,1-3H3,(H,13,15). The van der Waals surface area contributed by atoms with Crippen LogP contribution in [0.1, 0.15) is 40.0 Å². The molecule has 0 aromatic rings. The van der Waals surface area contributed by atoms with E-state index in [4.69, 9.17) is 4.74 Å². The van der Waals surface area contributed by atoms with Crippen LogP contribution < -0.4 is 10.6 Å². The third-order valence-corrected chi connectivity index (χ3v) is 2.84. The van der Waals surface area contributed by atoms with Crippen LogP contribution in [0.2, 0.25) is 0 Å². The number of rotatable bonds is 5. The lowest BCUT2D eigenvalue weighted by atomic mass is 10.1. The molecule has 0 aliphatic carbocycles. The number of nitrogens with one attached hydrogen (secondary N) is 2. The van der Waals surface area contributed by atoms with Crippen LogP contribution in [0.3, 0.4) is 0 Å². The average Bonchev–Trinajstić information content (AvgIpc) is 2.40. The van der Waals surface area contributed by atoms with Gasteiger partial charge in [-0.1, -0.05) is 0 Å². The number of amides is 1. The molecule has 1 atom stereocenters. The Morgan fingerprint density at radius 2 is 2.25 bits per heavy atom. The molecule has 0 spiro atoms. The lowest BCUT2D eigenvalue weighted by Crippen LogP contribution is -2.48. The van der Waals surface area contributed by atoms with Crippen LogP contribution >= 0.6 is 0 Å². The fraction of sp³-hybridized carbons (Fsp3) is 0.917. The van der Waals surface area contributed by atoms with Gasteiger partial charge in [-0.05, 0) is 40.0 Å². The van der Waals surface area contributed by atoms with Crippen LogP contribution in [-0.2, 0) is 9.53 Å². The molecule has 0 saturated carbocycles. The van der Waals surface area contributed by atoms with Crippen molar-refractivity contribution in [2.45, 2.75) is 51.7 Å². The molecule has 1 rings (SSSR count). The van der Waals surface area contributed by atoms with Gasteiger partial charge >= 0.3 is 0 Å². The number of hydrogen-bond donors (Lipinski definition) is 2. The molecule has 1 heterocycles. The third-order valence-electron chi connectivity index (χ3n) is 2.84. The van der Waals surface area contributed by atoms with Gasteiger partial charge in [0.05, 0.1) is 11.6 Å². The Balaban J connectivity index is 2.37. The molecule has 1 aliphatic heterocycles. The maximum absolute atomic E-state index is 11.7. The van der Waals surface area contributed by atoms with Crippen molar-refractivity contribution in [1.82, 2.24) is 10.6 Å². The van der Waals surface area contributed by atoms with E-state index in [0.717, 1.165) is 25.8 Å². The highest BCUT2D eigenvalue weighted by molar-refractivity contribution is 5.81. The summed E-state index contributed by atoms with van der Waals surface area (Å²) in [7, 11) is 0. The molecule has 16 heavy (non-hydrogen) atoms. The minimum Gasteiger partial charge on any atom is -0.375 e. The highest BCUT2D eigenvalue weighted by atomic mass is 16.5. The first-order chi connectivity index (χ1) is 7.55. The second-order valence-electron chi connectivity index (χ2n) is 4.91. The number of ether oxygens (including phenoxy) is 1. The van der Waals surface area contributed by atoms with Gasteiger partial charge < -0.3 is 15.4 Å². The lowest BCUT2D eigenvalue weighted by Gasteiger charge is -2.27. The second-order valence-corrected chi connectivity index (χ2v) is 4.91. The molecule has 4 nitrogen and oxygen atoms in total. The highest BCUT2D eigenvalue weighted by Gasteiger charge is 2.24. The van der Waals surface area contributed by atoms with Gasteiger partial charge in [0.1, 0.15) is 0 Å². The summed E-state index contributed by atoms with van der Waals surface area (Å²) in [6.07, 6.45) is 3.11. The fourth-order valence-electron chi connectivity index (χ4n) is 1.94. The van der Waals surface area contributed by atoms with Gasteiger partial charge in [0.15, 0.2) is 0 Å². The van der Waals surface area contributed by atoms with Gasteiger partial charge in [-0.15, -0.1) is 0 Å². The third kappa shape index (κ3) is 4.49. The Labute approximate surface area is 98.1 Å². The van der Waals surface area contributed by atoms with Crippen molar-refractivity contribution in [3.05, 3.63) is 0 Å². The smallest absolute Gasteiger partial charge is 0.237 e. The van der Waals surface area contributed by atoms with E-state index < -0.39 is 0 Å². The summed E-state index contributed by atoms with van der Waals surface area (Å²) in [6.45, 7) is 8.28. The molecule has 1 amide bonds. The molecular formula is C12H24N2O2. The molecule has 0 aromatic heterocycles. The summed E-state index contributed by atoms with van der Waals surface area (Å²) in [6, 6.07) is -0.0535. The van der Waals surface area contributed by atoms with E-state index in [9.17, 15) is 4.79 Å². The largest absolute Gasteiger partial charge is 0.375 e. The molecule has 0 aromatic carbocycles. The van der Waals surface area contributed by atoms with E-state index >= 15 is 0 Å². The topological polar surface area (TPSA) is 50.4 Å². The van der Waals surface area contributed by atoms with Crippen LogP contribution in [0.25, 0.3) is 0 Å². The van der Waals surface area contributed by atoms with Crippen molar-refractivity contribution in [2.24, 2.45) is 0 Å². The molecule has 1 unspecified atom stereocenters. The summed E-state index contributed by atoms with van der Waals surface area (Å²) in [5.41, 5.74) is -0.207. The second kappa shape index (κ2) is 6.21. The highest BCUT2D eigenvalue weighted by Crippen LogP contribution is 2.10. The molecule has 1 fully saturated rings. The summed E-state index contributed by atoms with van der Waals surface area (Å²) < 4.78 is 5.59. The fourth-order valence-corrected chi connectivity index (χ4v) is 1.94. The van der Waals surface area contributed by atoms with Crippen LogP contribution in [0.4, 0.5) is 0 Å². The molecule has 94 valence electrons. The van der Waals surface area contributed by atoms with E-state index in [1.807, 2.05) is 20.8 Å². The predicted molar refractivity (Wildman–Crippen MR) is 64.4 cm³/mol. The molecule has 4 heteroatoms. The Morgan fingerprint density at radius 3 is 2.94 bits per heavy atom. The van der Waals surface area contributed by atoms with E-state index in [1.165, 1.54) is 0 Å². The Hall–Kier alpha value is -0.610. The molecular weight excluding hydrogens is 204 g/mol. The van der Waals surface area contributed by atoms with Gasteiger partial charge in [0.25, 0.3) is 0 Å². The van der Waals surface area contributed by atoms with Crippen molar-refractivity contribution < 1.29 is 9.53 Å². The summed E-state index contributed by atoms with van der Waals surface area (Å²) >= 11 is 0. The molecule has 1 saturated heterocycles. The van der Waals surface area contributed by atoms with E-state index in [1.54, 1.807) is 0 Å². The van der Waals surface area contributed by atoms with Gasteiger partial charge in [-0.3, -0.25) is 4.79 Å². The van der Waals surface area contributed by atoms with E-state index in [-0.39, 0.29) is 17.6 Å². The van der Waals surface area contributed by atoms with Crippen LogP contribution in [0.15, 0.2) is 0 Å². The first-order valence-corrected chi connectivity index (χ1v) is 6.20. The summed E-state index contributed by atoms with van der Waals surface area (Å²) in [4.78, 5) is 11.7. The van der Waals surface area contributed by atoms with Crippen LogP contribution in [0.5, 0.6) is 0 Å². The predicted octanol–water partition coefficient (Wildman–Crippen LogP) is 1.06. The van der Waals surface area contributed by atoms with E-state index in [0.29, 0.717) is 13.2 Å². The van der Waals surface area contributed by atoms with Gasteiger partial charge in [0, 0.05) is 19.7 Å². The normalized spacial score (nSPS) is 22.7. The van der Waals surface area contributed by atoms with Crippen molar-refractivity contribution in [3.63, 3.8) is 0 Å². The summed E-state index contributed by atoms with van der Waals surface area (Å²) in [5.74, 6) is 0.129. The van der Waals surface area contributed by atoms with Gasteiger partial charge in [-0.25, -0.2) is 0 Å². The zero-order valence-electron chi connectivity index (χ0n) is 10.6. The number of carbonyl (C=O) groups excluding carboxylic acids is 1.